The Hall–Kier alpha value is -1.77. The Bertz CT molecular complexity index is 589. The number of thioether (sulfide) groups is 1. The van der Waals surface area contributed by atoms with Crippen LogP contribution in [0.1, 0.15) is 18.4 Å². The van der Waals surface area contributed by atoms with Crippen molar-refractivity contribution in [1.82, 2.24) is 10.3 Å². The van der Waals surface area contributed by atoms with Gasteiger partial charge in [0.2, 0.25) is 0 Å². The Kier molecular flexibility index (Phi) is 3.77. The van der Waals surface area contributed by atoms with Gasteiger partial charge >= 0.3 is 0 Å². The smallest absolute Gasteiger partial charge is 0.255 e. The van der Waals surface area contributed by atoms with Gasteiger partial charge in [-0.1, -0.05) is 42.1 Å². The number of nitriles is 1. The fourth-order valence-corrected chi connectivity index (χ4v) is 3.00. The van der Waals surface area contributed by atoms with Crippen LogP contribution in [0, 0.1) is 11.3 Å². The van der Waals surface area contributed by atoms with E-state index in [9.17, 15) is 5.26 Å². The summed E-state index contributed by atoms with van der Waals surface area (Å²) in [5.74, 6) is 0.574. The van der Waals surface area contributed by atoms with Crippen LogP contribution in [-0.4, -0.2) is 16.8 Å². The van der Waals surface area contributed by atoms with Gasteiger partial charge in [-0.15, -0.1) is 0 Å². The summed E-state index contributed by atoms with van der Waals surface area (Å²) in [6.45, 7) is 0. The lowest BCUT2D eigenvalue weighted by Gasteiger charge is -2.27. The fraction of sp³-hybridized carbons (Fsp3) is 0.333. The summed E-state index contributed by atoms with van der Waals surface area (Å²) < 4.78 is 5.24. The van der Waals surface area contributed by atoms with Gasteiger partial charge in [0, 0.05) is 11.8 Å². The molecule has 1 aliphatic rings. The molecular formula is C15H15N3OS. The van der Waals surface area contributed by atoms with Gasteiger partial charge in [0.25, 0.3) is 5.22 Å². The van der Waals surface area contributed by atoms with E-state index in [4.69, 9.17) is 4.42 Å². The highest BCUT2D eigenvalue weighted by atomic mass is 32.2. The first-order chi connectivity index (χ1) is 9.82. The highest BCUT2D eigenvalue weighted by Gasteiger charge is 2.38. The third-order valence-electron chi connectivity index (χ3n) is 3.31. The summed E-state index contributed by atoms with van der Waals surface area (Å²) in [6, 6.07) is 12.8. The van der Waals surface area contributed by atoms with Gasteiger partial charge < -0.3 is 4.42 Å². The fourth-order valence-electron chi connectivity index (χ4n) is 2.09. The lowest BCUT2D eigenvalue weighted by atomic mass is 9.93. The largest absolute Gasteiger partial charge is 0.440 e. The zero-order valence-corrected chi connectivity index (χ0v) is 11.8. The molecule has 0 aliphatic heterocycles. The van der Waals surface area contributed by atoms with Crippen LogP contribution in [0.15, 0.2) is 52.4 Å². The van der Waals surface area contributed by atoms with Crippen LogP contribution >= 0.6 is 11.8 Å². The predicted molar refractivity (Wildman–Crippen MR) is 77.1 cm³/mol. The molecule has 1 fully saturated rings. The molecule has 1 aliphatic carbocycles. The molecule has 102 valence electrons. The van der Waals surface area contributed by atoms with Crippen molar-refractivity contribution in [2.45, 2.75) is 29.6 Å². The molecule has 4 nitrogen and oxygen atoms in total. The van der Waals surface area contributed by atoms with E-state index < -0.39 is 5.54 Å². The molecule has 1 aromatic heterocycles. The van der Waals surface area contributed by atoms with E-state index in [1.165, 1.54) is 11.8 Å². The molecule has 3 rings (SSSR count). The van der Waals surface area contributed by atoms with Crippen LogP contribution in [0.5, 0.6) is 0 Å². The Morgan fingerprint density at radius 3 is 2.80 bits per heavy atom. The number of aromatic nitrogens is 1. The number of oxazole rings is 1. The second-order valence-electron chi connectivity index (χ2n) is 4.89. The predicted octanol–water partition coefficient (Wildman–Crippen LogP) is 2.94. The Morgan fingerprint density at radius 1 is 1.40 bits per heavy atom. The maximum absolute atomic E-state index is 9.76. The number of benzene rings is 1. The molecule has 0 radical (unpaired) electrons. The molecule has 0 amide bonds. The second-order valence-corrected chi connectivity index (χ2v) is 5.82. The number of hydrogen-bond acceptors (Lipinski definition) is 5. The normalized spacial score (nSPS) is 17.4. The molecule has 0 saturated heterocycles. The van der Waals surface area contributed by atoms with Crippen molar-refractivity contribution in [2.75, 3.05) is 5.75 Å². The van der Waals surface area contributed by atoms with Crippen molar-refractivity contribution in [3.63, 3.8) is 0 Å². The number of nitrogens with zero attached hydrogens (tertiary/aromatic N) is 2. The number of rotatable bonds is 6. The van der Waals surface area contributed by atoms with Crippen LogP contribution in [0.2, 0.25) is 0 Å². The molecule has 1 atom stereocenters. The molecule has 1 heterocycles. The van der Waals surface area contributed by atoms with Crippen LogP contribution in [0.25, 0.3) is 0 Å². The second kappa shape index (κ2) is 5.70. The third kappa shape index (κ3) is 2.87. The Balaban J connectivity index is 1.83. The van der Waals surface area contributed by atoms with Gasteiger partial charge in [-0.3, -0.25) is 5.32 Å². The third-order valence-corrected chi connectivity index (χ3v) is 4.33. The van der Waals surface area contributed by atoms with Crippen molar-refractivity contribution < 1.29 is 4.42 Å². The van der Waals surface area contributed by atoms with Crippen LogP contribution in [0.4, 0.5) is 0 Å². The van der Waals surface area contributed by atoms with Gasteiger partial charge in [0.15, 0.2) is 0 Å². The summed E-state index contributed by atoms with van der Waals surface area (Å²) in [5.41, 5.74) is 0.301. The van der Waals surface area contributed by atoms with Crippen molar-refractivity contribution in [3.8, 4) is 6.07 Å². The Morgan fingerprint density at radius 2 is 2.20 bits per heavy atom. The van der Waals surface area contributed by atoms with Gasteiger partial charge in [0.05, 0.1) is 12.3 Å². The zero-order chi connectivity index (χ0) is 13.8. The lowest BCUT2D eigenvalue weighted by molar-refractivity contribution is 0.445. The topological polar surface area (TPSA) is 61.9 Å². The molecule has 0 spiro atoms. The number of nitrogens with one attached hydrogen (secondary N) is 1. The van der Waals surface area contributed by atoms with Crippen molar-refractivity contribution in [1.29, 1.82) is 5.26 Å². The van der Waals surface area contributed by atoms with E-state index in [-0.39, 0.29) is 0 Å². The van der Waals surface area contributed by atoms with Gasteiger partial charge in [0.1, 0.15) is 11.8 Å². The Labute approximate surface area is 122 Å². The monoisotopic (exact) mass is 285 g/mol. The summed E-state index contributed by atoms with van der Waals surface area (Å²) in [7, 11) is 0. The van der Waals surface area contributed by atoms with Crippen molar-refractivity contribution in [3.05, 3.63) is 48.4 Å². The minimum Gasteiger partial charge on any atom is -0.440 e. The average molecular weight is 285 g/mol. The average Bonchev–Trinajstić information content (AvgIpc) is 3.16. The molecule has 1 unspecified atom stereocenters. The number of hydrogen-bond donors (Lipinski definition) is 1. The van der Waals surface area contributed by atoms with E-state index in [1.54, 1.807) is 12.5 Å². The molecule has 20 heavy (non-hydrogen) atoms. The van der Waals surface area contributed by atoms with E-state index in [0.717, 1.165) is 18.4 Å². The lowest BCUT2D eigenvalue weighted by Crippen LogP contribution is -2.44. The summed E-state index contributed by atoms with van der Waals surface area (Å²) >= 11 is 1.46. The van der Waals surface area contributed by atoms with Crippen LogP contribution in [0.3, 0.4) is 0 Å². The maximum Gasteiger partial charge on any atom is 0.255 e. The summed E-state index contributed by atoms with van der Waals surface area (Å²) in [4.78, 5) is 4.10. The molecule has 1 saturated carbocycles. The first-order valence-electron chi connectivity index (χ1n) is 6.59. The summed E-state index contributed by atoms with van der Waals surface area (Å²) in [5, 5.41) is 13.8. The molecule has 0 bridgehead atoms. The van der Waals surface area contributed by atoms with E-state index in [1.807, 2.05) is 30.3 Å². The van der Waals surface area contributed by atoms with Crippen molar-refractivity contribution in [2.24, 2.45) is 0 Å². The minimum atomic E-state index is -0.693. The van der Waals surface area contributed by atoms with Crippen LogP contribution in [-0.2, 0) is 5.54 Å². The SMILES string of the molecule is N#CC(CSc1ncco1)(NC1CC1)c1ccccc1. The molecular weight excluding hydrogens is 270 g/mol. The van der Waals surface area contributed by atoms with E-state index in [0.29, 0.717) is 17.0 Å². The first kappa shape index (κ1) is 13.2. The molecule has 2 aromatic rings. The summed E-state index contributed by atoms with van der Waals surface area (Å²) in [6.07, 6.45) is 5.44. The standard InChI is InChI=1S/C15H15N3OS/c16-10-15(18-13-6-7-13,12-4-2-1-3-5-12)11-20-14-17-8-9-19-14/h1-5,8-9,13,18H,6-7,11H2. The molecule has 1 aromatic carbocycles. The first-order valence-corrected chi connectivity index (χ1v) is 7.58. The minimum absolute atomic E-state index is 0.444. The highest BCUT2D eigenvalue weighted by molar-refractivity contribution is 7.99. The zero-order valence-electron chi connectivity index (χ0n) is 11.0. The maximum atomic E-state index is 9.76. The van der Waals surface area contributed by atoms with E-state index >= 15 is 0 Å². The van der Waals surface area contributed by atoms with E-state index in [2.05, 4.69) is 16.4 Å². The van der Waals surface area contributed by atoms with Gasteiger partial charge in [-0.25, -0.2) is 4.98 Å². The van der Waals surface area contributed by atoms with Gasteiger partial charge in [-0.05, 0) is 18.4 Å². The van der Waals surface area contributed by atoms with Crippen molar-refractivity contribution >= 4 is 11.8 Å². The molecule has 1 N–H and O–H groups in total. The highest BCUT2D eigenvalue weighted by Crippen LogP contribution is 2.33. The van der Waals surface area contributed by atoms with Crippen LogP contribution < -0.4 is 5.32 Å². The quantitative estimate of drug-likeness (QED) is 0.827. The molecule has 5 heteroatoms. The van der Waals surface area contributed by atoms with Gasteiger partial charge in [-0.2, -0.15) is 5.26 Å².